The van der Waals surface area contributed by atoms with E-state index in [4.69, 9.17) is 17.3 Å². The second kappa shape index (κ2) is 7.09. The number of halogens is 1. The number of carbonyl (C=O) groups is 1. The maximum absolute atomic E-state index is 12.7. The summed E-state index contributed by atoms with van der Waals surface area (Å²) in [4.78, 5) is 14.7. The molecule has 4 heteroatoms. The third-order valence-corrected chi connectivity index (χ3v) is 4.34. The molecule has 0 saturated heterocycles. The van der Waals surface area contributed by atoms with E-state index in [0.29, 0.717) is 22.7 Å². The summed E-state index contributed by atoms with van der Waals surface area (Å²) < 4.78 is 0. The monoisotopic (exact) mass is 294 g/mol. The molecule has 1 aliphatic rings. The summed E-state index contributed by atoms with van der Waals surface area (Å²) in [6.45, 7) is 2.88. The lowest BCUT2D eigenvalue weighted by atomic mass is 9.90. The Kier molecular flexibility index (Phi) is 5.44. The molecular weight excluding hydrogens is 272 g/mol. The lowest BCUT2D eigenvalue weighted by Gasteiger charge is -2.36. The lowest BCUT2D eigenvalue weighted by Crippen LogP contribution is -2.44. The van der Waals surface area contributed by atoms with Crippen molar-refractivity contribution in [2.24, 2.45) is 5.73 Å². The van der Waals surface area contributed by atoms with Gasteiger partial charge >= 0.3 is 0 Å². The highest BCUT2D eigenvalue weighted by Gasteiger charge is 2.28. The molecule has 1 aliphatic carbocycles. The first-order valence-electron chi connectivity index (χ1n) is 7.44. The molecule has 0 atom stereocenters. The lowest BCUT2D eigenvalue weighted by molar-refractivity contribution is 0.0627. The molecular formula is C16H23ClN2O. The summed E-state index contributed by atoms with van der Waals surface area (Å²) >= 11 is 6.16. The molecule has 110 valence electrons. The predicted octanol–water partition coefficient (Wildman–Crippen LogP) is 3.46. The van der Waals surface area contributed by atoms with Crippen molar-refractivity contribution in [1.82, 2.24) is 4.90 Å². The fourth-order valence-corrected chi connectivity index (χ4v) is 3.11. The first-order valence-corrected chi connectivity index (χ1v) is 7.82. The van der Waals surface area contributed by atoms with Crippen LogP contribution in [0, 0.1) is 0 Å². The highest BCUT2D eigenvalue weighted by atomic mass is 35.5. The van der Waals surface area contributed by atoms with E-state index in [9.17, 15) is 4.79 Å². The van der Waals surface area contributed by atoms with E-state index < -0.39 is 0 Å². The molecule has 2 N–H and O–H groups in total. The predicted molar refractivity (Wildman–Crippen MR) is 83.0 cm³/mol. The van der Waals surface area contributed by atoms with Gasteiger partial charge in [-0.05, 0) is 44.2 Å². The minimum absolute atomic E-state index is 0.0536. The Morgan fingerprint density at radius 1 is 1.30 bits per heavy atom. The average molecular weight is 295 g/mol. The van der Waals surface area contributed by atoms with E-state index in [1.165, 1.54) is 0 Å². The minimum Gasteiger partial charge on any atom is -0.336 e. The van der Waals surface area contributed by atoms with E-state index in [0.717, 1.165) is 38.6 Å². The maximum atomic E-state index is 12.7. The smallest absolute Gasteiger partial charge is 0.255 e. The standard InChI is InChI=1S/C16H23ClN2O/c1-2-11-19(13-9-7-12(18)8-10-13)16(20)14-5-3-4-6-15(14)17/h3-6,12-13H,2,7-11,18H2,1H3. The Morgan fingerprint density at radius 3 is 2.55 bits per heavy atom. The van der Waals surface area contributed by atoms with Crippen LogP contribution in [0.3, 0.4) is 0 Å². The molecule has 1 aromatic rings. The van der Waals surface area contributed by atoms with E-state index in [-0.39, 0.29) is 5.91 Å². The number of nitrogens with two attached hydrogens (primary N) is 1. The van der Waals surface area contributed by atoms with Crippen LogP contribution < -0.4 is 5.73 Å². The molecule has 0 aliphatic heterocycles. The summed E-state index contributed by atoms with van der Waals surface area (Å²) in [7, 11) is 0. The highest BCUT2D eigenvalue weighted by Crippen LogP contribution is 2.25. The number of carbonyl (C=O) groups excluding carboxylic acids is 1. The van der Waals surface area contributed by atoms with E-state index in [2.05, 4.69) is 6.92 Å². The van der Waals surface area contributed by atoms with Crippen molar-refractivity contribution < 1.29 is 4.79 Å². The van der Waals surface area contributed by atoms with Gasteiger partial charge in [-0.2, -0.15) is 0 Å². The SMILES string of the molecule is CCCN(C(=O)c1ccccc1Cl)C1CCC(N)CC1. The average Bonchev–Trinajstić information content (AvgIpc) is 2.46. The van der Waals surface area contributed by atoms with Gasteiger partial charge in [0, 0.05) is 18.6 Å². The van der Waals surface area contributed by atoms with Crippen molar-refractivity contribution in [3.8, 4) is 0 Å². The fourth-order valence-electron chi connectivity index (χ4n) is 2.89. The molecule has 1 fully saturated rings. The molecule has 0 radical (unpaired) electrons. The Labute approximate surface area is 126 Å². The van der Waals surface area contributed by atoms with Gasteiger partial charge < -0.3 is 10.6 Å². The van der Waals surface area contributed by atoms with Crippen molar-refractivity contribution in [1.29, 1.82) is 0 Å². The molecule has 1 amide bonds. The van der Waals surface area contributed by atoms with Crippen LogP contribution in [0.2, 0.25) is 5.02 Å². The van der Waals surface area contributed by atoms with Crippen LogP contribution >= 0.6 is 11.6 Å². The van der Waals surface area contributed by atoms with Crippen LogP contribution in [0.5, 0.6) is 0 Å². The van der Waals surface area contributed by atoms with Crippen LogP contribution in [0.25, 0.3) is 0 Å². The summed E-state index contributed by atoms with van der Waals surface area (Å²) in [5.41, 5.74) is 6.57. The molecule has 1 aromatic carbocycles. The zero-order valence-corrected chi connectivity index (χ0v) is 12.8. The summed E-state index contributed by atoms with van der Waals surface area (Å²) in [6, 6.07) is 7.89. The van der Waals surface area contributed by atoms with Crippen molar-refractivity contribution >= 4 is 17.5 Å². The van der Waals surface area contributed by atoms with Gasteiger partial charge in [0.25, 0.3) is 5.91 Å². The quantitative estimate of drug-likeness (QED) is 0.924. The van der Waals surface area contributed by atoms with Crippen molar-refractivity contribution in [2.45, 2.75) is 51.1 Å². The zero-order valence-electron chi connectivity index (χ0n) is 12.0. The van der Waals surface area contributed by atoms with Gasteiger partial charge in [-0.3, -0.25) is 4.79 Å². The van der Waals surface area contributed by atoms with Gasteiger partial charge in [-0.25, -0.2) is 0 Å². The summed E-state index contributed by atoms with van der Waals surface area (Å²) in [5, 5.41) is 0.533. The van der Waals surface area contributed by atoms with E-state index >= 15 is 0 Å². The van der Waals surface area contributed by atoms with Gasteiger partial charge in [0.2, 0.25) is 0 Å². The molecule has 0 spiro atoms. The van der Waals surface area contributed by atoms with Gasteiger partial charge in [0.05, 0.1) is 10.6 Å². The summed E-state index contributed by atoms with van der Waals surface area (Å²) in [6.07, 6.45) is 4.95. The Hall–Kier alpha value is -1.06. The molecule has 0 heterocycles. The second-order valence-corrected chi connectivity index (χ2v) is 5.95. The normalized spacial score (nSPS) is 22.6. The number of rotatable bonds is 4. The first kappa shape index (κ1) is 15.3. The minimum atomic E-state index is 0.0536. The van der Waals surface area contributed by atoms with Crippen LogP contribution in [0.15, 0.2) is 24.3 Å². The Morgan fingerprint density at radius 2 is 1.95 bits per heavy atom. The summed E-state index contributed by atoms with van der Waals surface area (Å²) in [5.74, 6) is 0.0536. The van der Waals surface area contributed by atoms with Crippen LogP contribution in [0.1, 0.15) is 49.4 Å². The van der Waals surface area contributed by atoms with E-state index in [1.807, 2.05) is 23.1 Å². The Balaban J connectivity index is 2.16. The first-order chi connectivity index (χ1) is 9.63. The van der Waals surface area contributed by atoms with Crippen LogP contribution in [0.4, 0.5) is 0 Å². The molecule has 3 nitrogen and oxygen atoms in total. The van der Waals surface area contributed by atoms with Gasteiger partial charge in [-0.1, -0.05) is 30.7 Å². The van der Waals surface area contributed by atoms with Gasteiger partial charge in [-0.15, -0.1) is 0 Å². The third-order valence-electron chi connectivity index (χ3n) is 4.01. The van der Waals surface area contributed by atoms with E-state index in [1.54, 1.807) is 6.07 Å². The number of nitrogens with zero attached hydrogens (tertiary/aromatic N) is 1. The maximum Gasteiger partial charge on any atom is 0.255 e. The van der Waals surface area contributed by atoms with Gasteiger partial charge in [0.15, 0.2) is 0 Å². The molecule has 0 unspecified atom stereocenters. The topological polar surface area (TPSA) is 46.3 Å². The molecule has 1 saturated carbocycles. The molecule has 0 bridgehead atoms. The van der Waals surface area contributed by atoms with Gasteiger partial charge in [0.1, 0.15) is 0 Å². The zero-order chi connectivity index (χ0) is 14.5. The number of hydrogen-bond acceptors (Lipinski definition) is 2. The third kappa shape index (κ3) is 3.53. The second-order valence-electron chi connectivity index (χ2n) is 5.55. The van der Waals surface area contributed by atoms with Crippen molar-refractivity contribution in [2.75, 3.05) is 6.54 Å². The van der Waals surface area contributed by atoms with Crippen molar-refractivity contribution in [3.63, 3.8) is 0 Å². The Bertz CT molecular complexity index is 456. The number of hydrogen-bond donors (Lipinski definition) is 1. The molecule has 0 aromatic heterocycles. The molecule has 20 heavy (non-hydrogen) atoms. The molecule has 2 rings (SSSR count). The van der Waals surface area contributed by atoms with Crippen molar-refractivity contribution in [3.05, 3.63) is 34.9 Å². The van der Waals surface area contributed by atoms with Crippen LogP contribution in [-0.2, 0) is 0 Å². The largest absolute Gasteiger partial charge is 0.336 e. The van der Waals surface area contributed by atoms with Crippen LogP contribution in [-0.4, -0.2) is 29.4 Å². The highest BCUT2D eigenvalue weighted by molar-refractivity contribution is 6.33. The number of benzene rings is 1. The fraction of sp³-hybridized carbons (Fsp3) is 0.562. The number of amides is 1.